The quantitative estimate of drug-likeness (QED) is 0.901. The van der Waals surface area contributed by atoms with Crippen molar-refractivity contribution in [2.45, 2.75) is 39.7 Å². The highest BCUT2D eigenvalue weighted by Crippen LogP contribution is 2.34. The first-order valence-electron chi connectivity index (χ1n) is 7.49. The molecule has 1 amide bonds. The lowest BCUT2D eigenvalue weighted by atomic mass is 9.75. The minimum Gasteiger partial charge on any atom is -0.341 e. The average Bonchev–Trinajstić information content (AvgIpc) is 2.46. The van der Waals surface area contributed by atoms with Crippen LogP contribution in [-0.4, -0.2) is 23.9 Å². The molecule has 0 unspecified atom stereocenters. The van der Waals surface area contributed by atoms with Crippen LogP contribution >= 0.6 is 0 Å². The van der Waals surface area contributed by atoms with Crippen LogP contribution in [0.4, 0.5) is 0 Å². The number of carbonyl (C=O) groups is 1. The van der Waals surface area contributed by atoms with E-state index < -0.39 is 6.04 Å². The predicted octanol–water partition coefficient (Wildman–Crippen LogP) is 2.97. The maximum atomic E-state index is 12.5. The largest absolute Gasteiger partial charge is 0.341 e. The van der Waals surface area contributed by atoms with Gasteiger partial charge in [0.25, 0.3) is 0 Å². The lowest BCUT2D eigenvalue weighted by molar-refractivity contribution is -0.134. The van der Waals surface area contributed by atoms with Crippen LogP contribution in [0.2, 0.25) is 0 Å². The maximum Gasteiger partial charge on any atom is 0.244 e. The van der Waals surface area contributed by atoms with E-state index in [2.05, 4.69) is 20.8 Å². The van der Waals surface area contributed by atoms with Crippen molar-refractivity contribution in [3.8, 4) is 0 Å². The van der Waals surface area contributed by atoms with Crippen molar-refractivity contribution in [1.29, 1.82) is 0 Å². The second kappa shape index (κ2) is 5.96. The topological polar surface area (TPSA) is 46.3 Å². The highest BCUT2D eigenvalue weighted by Gasteiger charge is 2.32. The minimum atomic E-state index is -0.526. The van der Waals surface area contributed by atoms with Gasteiger partial charge < -0.3 is 10.6 Å². The van der Waals surface area contributed by atoms with Crippen LogP contribution in [-0.2, 0) is 4.79 Å². The maximum absolute atomic E-state index is 12.5. The summed E-state index contributed by atoms with van der Waals surface area (Å²) < 4.78 is 0. The minimum absolute atomic E-state index is 0.0589. The molecule has 1 saturated heterocycles. The Labute approximate surface area is 122 Å². The molecule has 0 spiro atoms. The lowest BCUT2D eigenvalue weighted by Gasteiger charge is -2.39. The molecular formula is C17H26N2O. The van der Waals surface area contributed by atoms with Gasteiger partial charge in [-0.1, -0.05) is 51.1 Å². The van der Waals surface area contributed by atoms with Gasteiger partial charge in [0.1, 0.15) is 6.04 Å². The number of carbonyl (C=O) groups excluding carboxylic acids is 1. The van der Waals surface area contributed by atoms with Crippen molar-refractivity contribution < 1.29 is 4.79 Å². The van der Waals surface area contributed by atoms with Crippen molar-refractivity contribution in [3.05, 3.63) is 35.9 Å². The Morgan fingerprint density at radius 3 is 2.25 bits per heavy atom. The predicted molar refractivity (Wildman–Crippen MR) is 82.1 cm³/mol. The molecular weight excluding hydrogens is 248 g/mol. The Balaban J connectivity index is 1.95. The van der Waals surface area contributed by atoms with E-state index in [4.69, 9.17) is 5.73 Å². The highest BCUT2D eigenvalue weighted by molar-refractivity contribution is 5.83. The molecule has 1 fully saturated rings. The van der Waals surface area contributed by atoms with Gasteiger partial charge in [-0.3, -0.25) is 4.79 Å². The van der Waals surface area contributed by atoms with Crippen molar-refractivity contribution in [2.24, 2.45) is 17.1 Å². The smallest absolute Gasteiger partial charge is 0.244 e. The standard InChI is InChI=1S/C17H26N2O/c1-17(2,3)14-9-11-19(12-10-14)16(20)15(18)13-7-5-4-6-8-13/h4-8,14-15H,9-12,18H2,1-3H3/t15-/m0/s1. The van der Waals surface area contributed by atoms with Crippen molar-refractivity contribution in [2.75, 3.05) is 13.1 Å². The molecule has 1 aliphatic heterocycles. The number of hydrogen-bond donors (Lipinski definition) is 1. The molecule has 0 aliphatic carbocycles. The van der Waals surface area contributed by atoms with Gasteiger partial charge in [-0.15, -0.1) is 0 Å². The normalized spacial score (nSPS) is 18.9. The number of nitrogens with zero attached hydrogens (tertiary/aromatic N) is 1. The third-order valence-electron chi connectivity index (χ3n) is 4.46. The number of likely N-dealkylation sites (tertiary alicyclic amines) is 1. The van der Waals surface area contributed by atoms with E-state index in [1.807, 2.05) is 35.2 Å². The Hall–Kier alpha value is -1.35. The molecule has 0 aromatic heterocycles. The van der Waals surface area contributed by atoms with E-state index in [1.54, 1.807) is 0 Å². The summed E-state index contributed by atoms with van der Waals surface area (Å²) >= 11 is 0. The van der Waals surface area contributed by atoms with Crippen LogP contribution in [0.5, 0.6) is 0 Å². The number of hydrogen-bond acceptors (Lipinski definition) is 2. The average molecular weight is 274 g/mol. The van der Waals surface area contributed by atoms with Gasteiger partial charge in [0.2, 0.25) is 5.91 Å². The molecule has 3 nitrogen and oxygen atoms in total. The highest BCUT2D eigenvalue weighted by atomic mass is 16.2. The number of nitrogens with two attached hydrogens (primary N) is 1. The Bertz CT molecular complexity index is 442. The van der Waals surface area contributed by atoms with E-state index in [1.165, 1.54) is 0 Å². The summed E-state index contributed by atoms with van der Waals surface area (Å²) in [6.45, 7) is 8.52. The molecule has 0 bridgehead atoms. The van der Waals surface area contributed by atoms with E-state index >= 15 is 0 Å². The lowest BCUT2D eigenvalue weighted by Crippen LogP contribution is -2.45. The molecule has 1 aromatic rings. The monoisotopic (exact) mass is 274 g/mol. The van der Waals surface area contributed by atoms with Crippen LogP contribution in [0.1, 0.15) is 45.2 Å². The third-order valence-corrected chi connectivity index (χ3v) is 4.46. The molecule has 0 saturated carbocycles. The zero-order chi connectivity index (χ0) is 14.8. The van der Waals surface area contributed by atoms with Gasteiger partial charge in [0, 0.05) is 13.1 Å². The fourth-order valence-electron chi connectivity index (χ4n) is 2.97. The molecule has 0 radical (unpaired) electrons. The fraction of sp³-hybridized carbons (Fsp3) is 0.588. The van der Waals surface area contributed by atoms with Gasteiger partial charge in [0.15, 0.2) is 0 Å². The number of benzene rings is 1. The van der Waals surface area contributed by atoms with Gasteiger partial charge in [-0.2, -0.15) is 0 Å². The van der Waals surface area contributed by atoms with E-state index in [0.29, 0.717) is 11.3 Å². The van der Waals surface area contributed by atoms with Crippen molar-refractivity contribution in [1.82, 2.24) is 4.90 Å². The summed E-state index contributed by atoms with van der Waals surface area (Å²) in [6.07, 6.45) is 2.16. The zero-order valence-corrected chi connectivity index (χ0v) is 12.8. The Morgan fingerprint density at radius 1 is 1.20 bits per heavy atom. The summed E-state index contributed by atoms with van der Waals surface area (Å²) in [5, 5.41) is 0. The van der Waals surface area contributed by atoms with Crippen molar-refractivity contribution in [3.63, 3.8) is 0 Å². The Morgan fingerprint density at radius 2 is 1.75 bits per heavy atom. The number of rotatable bonds is 2. The third kappa shape index (κ3) is 3.40. The summed E-state index contributed by atoms with van der Waals surface area (Å²) in [7, 11) is 0. The first-order chi connectivity index (χ1) is 9.39. The molecule has 1 atom stereocenters. The SMILES string of the molecule is CC(C)(C)C1CCN(C(=O)[C@@H](N)c2ccccc2)CC1. The summed E-state index contributed by atoms with van der Waals surface area (Å²) in [4.78, 5) is 14.4. The van der Waals surface area contributed by atoms with Gasteiger partial charge in [0.05, 0.1) is 0 Å². The first kappa shape index (κ1) is 15.0. The molecule has 1 aliphatic rings. The van der Waals surface area contributed by atoms with Crippen LogP contribution in [0, 0.1) is 11.3 Å². The van der Waals surface area contributed by atoms with E-state index in [0.717, 1.165) is 31.5 Å². The molecule has 1 aromatic carbocycles. The second-order valence-corrected chi connectivity index (χ2v) is 6.85. The summed E-state index contributed by atoms with van der Waals surface area (Å²) in [5.74, 6) is 0.753. The first-order valence-corrected chi connectivity index (χ1v) is 7.49. The summed E-state index contributed by atoms with van der Waals surface area (Å²) in [5.41, 5.74) is 7.33. The van der Waals surface area contributed by atoms with E-state index in [-0.39, 0.29) is 5.91 Å². The Kier molecular flexibility index (Phi) is 4.48. The van der Waals surface area contributed by atoms with Crippen LogP contribution in [0.25, 0.3) is 0 Å². The molecule has 3 heteroatoms. The molecule has 1 heterocycles. The van der Waals surface area contributed by atoms with Gasteiger partial charge >= 0.3 is 0 Å². The van der Waals surface area contributed by atoms with Crippen LogP contribution < -0.4 is 5.73 Å². The van der Waals surface area contributed by atoms with Crippen LogP contribution in [0.15, 0.2) is 30.3 Å². The fourth-order valence-corrected chi connectivity index (χ4v) is 2.97. The summed E-state index contributed by atoms with van der Waals surface area (Å²) in [6, 6.07) is 9.11. The second-order valence-electron chi connectivity index (χ2n) is 6.85. The number of piperidine rings is 1. The zero-order valence-electron chi connectivity index (χ0n) is 12.8. The van der Waals surface area contributed by atoms with Gasteiger partial charge in [-0.05, 0) is 29.7 Å². The molecule has 2 rings (SSSR count). The van der Waals surface area contributed by atoms with Crippen LogP contribution in [0.3, 0.4) is 0 Å². The molecule has 110 valence electrons. The molecule has 20 heavy (non-hydrogen) atoms. The number of amides is 1. The van der Waals surface area contributed by atoms with Gasteiger partial charge in [-0.25, -0.2) is 0 Å². The van der Waals surface area contributed by atoms with Crippen molar-refractivity contribution >= 4 is 5.91 Å². The van der Waals surface area contributed by atoms with E-state index in [9.17, 15) is 4.79 Å². The molecule has 2 N–H and O–H groups in total.